The Labute approximate surface area is 194 Å². The van der Waals surface area contributed by atoms with Gasteiger partial charge in [-0.2, -0.15) is 0 Å². The lowest BCUT2D eigenvalue weighted by molar-refractivity contribution is 0.0741. The fourth-order valence-corrected chi connectivity index (χ4v) is 5.68. The van der Waals surface area contributed by atoms with E-state index in [9.17, 15) is 0 Å². The van der Waals surface area contributed by atoms with Crippen LogP contribution in [0, 0.1) is 0 Å². The molecule has 0 unspecified atom stereocenters. The molecule has 33 heavy (non-hydrogen) atoms. The molecule has 4 N–H and O–H groups in total. The van der Waals surface area contributed by atoms with Crippen LogP contribution in [-0.2, 0) is 15.0 Å². The summed E-state index contributed by atoms with van der Waals surface area (Å²) in [5.74, 6) is 1.37. The minimum absolute atomic E-state index is 0.190. The van der Waals surface area contributed by atoms with Gasteiger partial charge in [-0.05, 0) is 56.7 Å². The number of hydrogen-bond donors (Lipinski definition) is 2. The molecule has 176 valence electrons. The Balaban J connectivity index is 1.58. The van der Waals surface area contributed by atoms with Crippen LogP contribution in [0.5, 0.6) is 5.75 Å². The zero-order valence-corrected chi connectivity index (χ0v) is 19.3. The van der Waals surface area contributed by atoms with Crippen molar-refractivity contribution in [3.05, 3.63) is 35.7 Å². The van der Waals surface area contributed by atoms with Crippen molar-refractivity contribution in [1.82, 2.24) is 9.97 Å². The number of fused-ring (bicyclic) bond motifs is 4. The van der Waals surface area contributed by atoms with Gasteiger partial charge in [0.25, 0.3) is 0 Å². The first-order chi connectivity index (χ1) is 16.1. The Kier molecular flexibility index (Phi) is 6.21. The maximum Gasteiger partial charge on any atom is 0.140 e. The highest BCUT2D eigenvalue weighted by Crippen LogP contribution is 2.53. The van der Waals surface area contributed by atoms with Crippen molar-refractivity contribution in [2.75, 3.05) is 26.1 Å². The number of hydrogen-bond acceptors (Lipinski definition) is 8. The van der Waals surface area contributed by atoms with Crippen LogP contribution in [0.15, 0.2) is 29.7 Å². The number of nitrogen functional groups attached to an aromatic ring is 1. The predicted molar refractivity (Wildman–Crippen MR) is 127 cm³/mol. The molecule has 0 atom stereocenters. The third-order valence-electron chi connectivity index (χ3n) is 7.32. The molecule has 0 amide bonds. The number of aromatic nitrogens is 2. The molecule has 1 spiro atoms. The summed E-state index contributed by atoms with van der Waals surface area (Å²) in [4.78, 5) is 14.8. The maximum absolute atomic E-state index is 6.45. The normalized spacial score (nSPS) is 24.5. The van der Waals surface area contributed by atoms with Crippen molar-refractivity contribution in [2.24, 2.45) is 10.9 Å². The lowest BCUT2D eigenvalue weighted by atomic mass is 9.66. The third-order valence-corrected chi connectivity index (χ3v) is 7.32. The monoisotopic (exact) mass is 451 g/mol. The van der Waals surface area contributed by atoms with E-state index in [0.717, 1.165) is 85.2 Å². The van der Waals surface area contributed by atoms with Crippen molar-refractivity contribution in [2.45, 2.75) is 68.9 Å². The molecule has 0 aliphatic heterocycles. The van der Waals surface area contributed by atoms with E-state index in [4.69, 9.17) is 25.8 Å². The molecule has 1 aromatic heterocycles. The predicted octanol–water partition coefficient (Wildman–Crippen LogP) is 3.57. The number of oxime groups is 1. The van der Waals surface area contributed by atoms with Gasteiger partial charge in [-0.15, -0.1) is 0 Å². The zero-order valence-electron chi connectivity index (χ0n) is 19.3. The fraction of sp³-hybridized carbons (Fsp3) is 0.560. The maximum atomic E-state index is 6.45. The van der Waals surface area contributed by atoms with Gasteiger partial charge >= 0.3 is 0 Å². The summed E-state index contributed by atoms with van der Waals surface area (Å²) < 4.78 is 11.5. The van der Waals surface area contributed by atoms with E-state index in [1.165, 1.54) is 0 Å². The molecule has 1 aromatic carbocycles. The highest BCUT2D eigenvalue weighted by atomic mass is 16.6. The minimum atomic E-state index is -0.350. The Hall–Kier alpha value is -2.71. The van der Waals surface area contributed by atoms with Gasteiger partial charge in [-0.25, -0.2) is 9.97 Å². The van der Waals surface area contributed by atoms with E-state index in [1.807, 2.05) is 6.07 Å². The zero-order chi connectivity index (χ0) is 22.8. The smallest absolute Gasteiger partial charge is 0.140 e. The van der Waals surface area contributed by atoms with Crippen LogP contribution in [0.25, 0.3) is 11.3 Å². The van der Waals surface area contributed by atoms with Gasteiger partial charge in [-0.3, -0.25) is 0 Å². The van der Waals surface area contributed by atoms with Gasteiger partial charge in [0.1, 0.15) is 24.5 Å². The SMILES string of the molecule is COCCO/N=C1\c2cc(OC3CCC(N)CC3)ccc2-c2ncnc(N)c2C12CCCC2. The topological polar surface area (TPSA) is 118 Å². The van der Waals surface area contributed by atoms with E-state index in [2.05, 4.69) is 27.3 Å². The molecule has 3 aliphatic rings. The Morgan fingerprint density at radius 2 is 1.85 bits per heavy atom. The molecule has 0 saturated heterocycles. The molecule has 8 heteroatoms. The van der Waals surface area contributed by atoms with Gasteiger partial charge < -0.3 is 25.8 Å². The molecule has 2 aromatic rings. The molecule has 0 bridgehead atoms. The highest BCUT2D eigenvalue weighted by molar-refractivity contribution is 6.16. The van der Waals surface area contributed by atoms with Gasteiger partial charge in [0.15, 0.2) is 0 Å². The largest absolute Gasteiger partial charge is 0.490 e. The van der Waals surface area contributed by atoms with Crippen LogP contribution in [0.3, 0.4) is 0 Å². The second-order valence-electron chi connectivity index (χ2n) is 9.40. The summed E-state index contributed by atoms with van der Waals surface area (Å²) >= 11 is 0. The van der Waals surface area contributed by atoms with Crippen LogP contribution in [0.4, 0.5) is 5.82 Å². The molecule has 0 radical (unpaired) electrons. The lowest BCUT2D eigenvalue weighted by Gasteiger charge is -2.37. The van der Waals surface area contributed by atoms with E-state index < -0.39 is 0 Å². The van der Waals surface area contributed by atoms with E-state index in [0.29, 0.717) is 25.1 Å². The van der Waals surface area contributed by atoms with Crippen molar-refractivity contribution >= 4 is 11.5 Å². The first-order valence-corrected chi connectivity index (χ1v) is 12.0. The summed E-state index contributed by atoms with van der Waals surface area (Å²) in [5.41, 5.74) is 17.0. The number of methoxy groups -OCH3 is 1. The van der Waals surface area contributed by atoms with Crippen molar-refractivity contribution in [3.63, 3.8) is 0 Å². The Morgan fingerprint density at radius 1 is 1.06 bits per heavy atom. The average Bonchev–Trinajstić information content (AvgIpc) is 3.30. The standard InChI is InChI=1S/C25H33N5O3/c1-31-12-13-32-30-23-20-14-18(33-17-6-4-16(26)5-7-17)8-9-19(20)22-21(24(27)29-15-28-22)25(23)10-2-3-11-25/h8-9,14-17H,2-7,10-13,26H2,1H3,(H2,27,28,29)/b30-23+. The van der Waals surface area contributed by atoms with E-state index >= 15 is 0 Å². The van der Waals surface area contributed by atoms with Gasteiger partial charge in [0, 0.05) is 35.3 Å². The Bertz CT molecular complexity index is 1030. The van der Waals surface area contributed by atoms with Crippen LogP contribution in [0.2, 0.25) is 0 Å². The third kappa shape index (κ3) is 4.06. The molecule has 8 nitrogen and oxygen atoms in total. The number of nitrogens with two attached hydrogens (primary N) is 2. The van der Waals surface area contributed by atoms with Gasteiger partial charge in [-0.1, -0.05) is 18.0 Å². The average molecular weight is 452 g/mol. The molecule has 2 saturated carbocycles. The van der Waals surface area contributed by atoms with Crippen molar-refractivity contribution in [3.8, 4) is 17.0 Å². The van der Waals surface area contributed by atoms with Gasteiger partial charge in [0.2, 0.25) is 0 Å². The fourth-order valence-electron chi connectivity index (χ4n) is 5.68. The highest BCUT2D eigenvalue weighted by Gasteiger charge is 2.49. The first kappa shape index (κ1) is 22.1. The van der Waals surface area contributed by atoms with Crippen LogP contribution in [0.1, 0.15) is 62.5 Å². The molecule has 5 rings (SSSR count). The summed E-state index contributed by atoms with van der Waals surface area (Å²) in [6.45, 7) is 0.864. The van der Waals surface area contributed by atoms with E-state index in [1.54, 1.807) is 13.4 Å². The molecular weight excluding hydrogens is 418 g/mol. The van der Waals surface area contributed by atoms with Crippen LogP contribution in [-0.4, -0.2) is 48.1 Å². The number of ether oxygens (including phenoxy) is 2. The minimum Gasteiger partial charge on any atom is -0.490 e. The molecule has 3 aliphatic carbocycles. The van der Waals surface area contributed by atoms with Crippen molar-refractivity contribution < 1.29 is 14.3 Å². The number of rotatable bonds is 6. The van der Waals surface area contributed by atoms with E-state index in [-0.39, 0.29) is 11.5 Å². The lowest BCUT2D eigenvalue weighted by Crippen LogP contribution is -2.39. The number of benzene rings is 1. The summed E-state index contributed by atoms with van der Waals surface area (Å²) in [7, 11) is 1.65. The Morgan fingerprint density at radius 3 is 2.61 bits per heavy atom. The van der Waals surface area contributed by atoms with Crippen LogP contribution < -0.4 is 16.2 Å². The number of nitrogens with zero attached hydrogens (tertiary/aromatic N) is 3. The number of anilines is 1. The van der Waals surface area contributed by atoms with Crippen molar-refractivity contribution in [1.29, 1.82) is 0 Å². The summed E-state index contributed by atoms with van der Waals surface area (Å²) in [6, 6.07) is 6.48. The first-order valence-electron chi connectivity index (χ1n) is 12.0. The molecular formula is C25H33N5O3. The summed E-state index contributed by atoms with van der Waals surface area (Å²) in [5, 5.41) is 4.69. The summed E-state index contributed by atoms with van der Waals surface area (Å²) in [6.07, 6.45) is 9.78. The molecule has 2 fully saturated rings. The van der Waals surface area contributed by atoms with Gasteiger partial charge in [0.05, 0.1) is 24.1 Å². The quantitative estimate of drug-likeness (QED) is 0.509. The van der Waals surface area contributed by atoms with Crippen LogP contribution >= 0.6 is 0 Å². The second-order valence-corrected chi connectivity index (χ2v) is 9.40. The second kappa shape index (κ2) is 9.27. The molecule has 1 heterocycles.